The quantitative estimate of drug-likeness (QED) is 0.731. The Morgan fingerprint density at radius 3 is 2.71 bits per heavy atom. The number of hydrogen-bond acceptors (Lipinski definition) is 4. The van der Waals surface area contributed by atoms with Crippen LogP contribution in [0.5, 0.6) is 0 Å². The van der Waals surface area contributed by atoms with Crippen molar-refractivity contribution >= 4 is 10.0 Å². The Morgan fingerprint density at radius 1 is 1.33 bits per heavy atom. The van der Waals surface area contributed by atoms with Crippen LogP contribution in [0.25, 0.3) is 0 Å². The summed E-state index contributed by atoms with van der Waals surface area (Å²) in [6.07, 6.45) is 3.30. The number of aliphatic hydroxyl groups excluding tert-OH is 1. The maximum absolute atomic E-state index is 13.6. The molecule has 0 aliphatic rings. The monoisotopic (exact) mass is 317 g/mol. The SMILES string of the molecule is O=S(=O)(NCCc1cnc[nH]1)c1cc(CO)cc(F)c1F. The molecule has 21 heavy (non-hydrogen) atoms. The highest BCUT2D eigenvalue weighted by molar-refractivity contribution is 7.89. The van der Waals surface area contributed by atoms with Crippen LogP contribution in [0.15, 0.2) is 29.6 Å². The van der Waals surface area contributed by atoms with Crippen LogP contribution in [0.4, 0.5) is 8.78 Å². The molecule has 0 unspecified atom stereocenters. The van der Waals surface area contributed by atoms with Crippen molar-refractivity contribution < 1.29 is 22.3 Å². The van der Waals surface area contributed by atoms with Gasteiger partial charge in [-0.1, -0.05) is 0 Å². The van der Waals surface area contributed by atoms with E-state index in [1.807, 2.05) is 0 Å². The number of benzene rings is 1. The van der Waals surface area contributed by atoms with Crippen LogP contribution < -0.4 is 4.72 Å². The maximum atomic E-state index is 13.6. The lowest BCUT2D eigenvalue weighted by atomic mass is 10.2. The second-order valence-corrected chi connectivity index (χ2v) is 6.01. The highest BCUT2D eigenvalue weighted by Crippen LogP contribution is 2.19. The molecule has 0 saturated carbocycles. The van der Waals surface area contributed by atoms with Gasteiger partial charge in [-0.3, -0.25) is 0 Å². The first-order chi connectivity index (χ1) is 9.94. The molecule has 0 atom stereocenters. The number of aromatic amines is 1. The van der Waals surface area contributed by atoms with Gasteiger partial charge in [-0.15, -0.1) is 0 Å². The number of nitrogens with one attached hydrogen (secondary N) is 2. The third kappa shape index (κ3) is 3.63. The molecular weight excluding hydrogens is 304 g/mol. The number of hydrogen-bond donors (Lipinski definition) is 3. The molecule has 6 nitrogen and oxygen atoms in total. The van der Waals surface area contributed by atoms with Crippen molar-refractivity contribution in [3.8, 4) is 0 Å². The summed E-state index contributed by atoms with van der Waals surface area (Å²) < 4.78 is 53.1. The van der Waals surface area contributed by atoms with Crippen molar-refractivity contribution in [1.82, 2.24) is 14.7 Å². The van der Waals surface area contributed by atoms with E-state index in [-0.39, 0.29) is 12.1 Å². The Hall–Kier alpha value is -1.84. The van der Waals surface area contributed by atoms with Crippen LogP contribution in [0.3, 0.4) is 0 Å². The lowest BCUT2D eigenvalue weighted by Gasteiger charge is -2.09. The molecule has 1 heterocycles. The molecular formula is C12H13F2N3O3S. The van der Waals surface area contributed by atoms with Crippen LogP contribution in [0.1, 0.15) is 11.3 Å². The molecule has 0 spiro atoms. The third-order valence-electron chi connectivity index (χ3n) is 2.77. The zero-order valence-electron chi connectivity index (χ0n) is 10.8. The lowest BCUT2D eigenvalue weighted by molar-refractivity contribution is 0.280. The number of imidazole rings is 1. The molecule has 0 aliphatic heterocycles. The molecule has 2 aromatic rings. The summed E-state index contributed by atoms with van der Waals surface area (Å²) in [5.41, 5.74) is 0.677. The minimum atomic E-state index is -4.21. The van der Waals surface area contributed by atoms with E-state index in [1.165, 1.54) is 12.5 Å². The van der Waals surface area contributed by atoms with E-state index >= 15 is 0 Å². The number of aromatic nitrogens is 2. The molecule has 0 saturated heterocycles. The number of sulfonamides is 1. The molecule has 0 fully saturated rings. The Bertz CT molecular complexity index is 718. The van der Waals surface area contributed by atoms with E-state index in [4.69, 9.17) is 5.11 Å². The Kier molecular flexibility index (Phi) is 4.66. The molecule has 0 radical (unpaired) electrons. The largest absolute Gasteiger partial charge is 0.392 e. The Labute approximate surface area is 119 Å². The number of nitrogens with zero attached hydrogens (tertiary/aromatic N) is 1. The zero-order chi connectivity index (χ0) is 15.5. The second kappa shape index (κ2) is 6.29. The van der Waals surface area contributed by atoms with E-state index in [0.29, 0.717) is 12.1 Å². The fourth-order valence-electron chi connectivity index (χ4n) is 1.72. The summed E-state index contributed by atoms with van der Waals surface area (Å²) in [7, 11) is -4.21. The van der Waals surface area contributed by atoms with Gasteiger partial charge in [0.1, 0.15) is 4.90 Å². The van der Waals surface area contributed by atoms with Gasteiger partial charge in [0.25, 0.3) is 0 Å². The minimum Gasteiger partial charge on any atom is -0.392 e. The van der Waals surface area contributed by atoms with E-state index in [2.05, 4.69) is 14.7 Å². The van der Waals surface area contributed by atoms with Gasteiger partial charge >= 0.3 is 0 Å². The van der Waals surface area contributed by atoms with Crippen LogP contribution in [0, 0.1) is 11.6 Å². The molecule has 3 N–H and O–H groups in total. The van der Waals surface area contributed by atoms with Crippen LogP contribution in [-0.2, 0) is 23.1 Å². The summed E-state index contributed by atoms with van der Waals surface area (Å²) in [5.74, 6) is -2.79. The van der Waals surface area contributed by atoms with Gasteiger partial charge in [0.05, 0.1) is 12.9 Å². The summed E-state index contributed by atoms with van der Waals surface area (Å²) in [5, 5.41) is 8.93. The van der Waals surface area contributed by atoms with Crippen molar-refractivity contribution in [3.05, 3.63) is 47.5 Å². The highest BCUT2D eigenvalue weighted by atomic mass is 32.2. The van der Waals surface area contributed by atoms with Crippen LogP contribution >= 0.6 is 0 Å². The molecule has 1 aromatic carbocycles. The first kappa shape index (κ1) is 15.5. The van der Waals surface area contributed by atoms with Gasteiger partial charge < -0.3 is 10.1 Å². The topological polar surface area (TPSA) is 95.1 Å². The second-order valence-electron chi connectivity index (χ2n) is 4.27. The average molecular weight is 317 g/mol. The number of H-pyrrole nitrogens is 1. The molecule has 0 aliphatic carbocycles. The van der Waals surface area contributed by atoms with Gasteiger partial charge in [0, 0.05) is 24.9 Å². The van der Waals surface area contributed by atoms with Gasteiger partial charge in [0.15, 0.2) is 11.6 Å². The van der Waals surface area contributed by atoms with Crippen molar-refractivity contribution in [1.29, 1.82) is 0 Å². The van der Waals surface area contributed by atoms with E-state index in [0.717, 1.165) is 12.1 Å². The average Bonchev–Trinajstić information content (AvgIpc) is 2.94. The van der Waals surface area contributed by atoms with E-state index < -0.39 is 33.2 Å². The minimum absolute atomic E-state index is 0.00502. The molecule has 114 valence electrons. The molecule has 0 amide bonds. The summed E-state index contributed by atoms with van der Waals surface area (Å²) in [4.78, 5) is 5.74. The Morgan fingerprint density at radius 2 is 2.10 bits per heavy atom. The molecule has 1 aromatic heterocycles. The number of aliphatic hydroxyl groups is 1. The lowest BCUT2D eigenvalue weighted by Crippen LogP contribution is -2.27. The number of rotatable bonds is 6. The molecule has 0 bridgehead atoms. The first-order valence-electron chi connectivity index (χ1n) is 5.99. The van der Waals surface area contributed by atoms with Gasteiger partial charge in [0.2, 0.25) is 10.0 Å². The highest BCUT2D eigenvalue weighted by Gasteiger charge is 2.22. The predicted molar refractivity (Wildman–Crippen MR) is 69.8 cm³/mol. The molecule has 2 rings (SSSR count). The van der Waals surface area contributed by atoms with Crippen LogP contribution in [-0.4, -0.2) is 30.0 Å². The normalized spacial score (nSPS) is 11.8. The third-order valence-corrected chi connectivity index (χ3v) is 4.23. The standard InChI is InChI=1S/C12H13F2N3O3S/c13-10-3-8(6-18)4-11(12(10)14)21(19,20)17-2-1-9-5-15-7-16-9/h3-5,7,17-18H,1-2,6H2,(H,15,16). The van der Waals surface area contributed by atoms with Gasteiger partial charge in [-0.05, 0) is 17.7 Å². The van der Waals surface area contributed by atoms with Crippen molar-refractivity contribution in [3.63, 3.8) is 0 Å². The summed E-state index contributed by atoms with van der Waals surface area (Å²) in [6.45, 7) is -0.594. The van der Waals surface area contributed by atoms with Crippen molar-refractivity contribution in [2.45, 2.75) is 17.9 Å². The fourth-order valence-corrected chi connectivity index (χ4v) is 2.89. The van der Waals surface area contributed by atoms with Crippen LogP contribution in [0.2, 0.25) is 0 Å². The smallest absolute Gasteiger partial charge is 0.243 e. The van der Waals surface area contributed by atoms with Crippen molar-refractivity contribution in [2.75, 3.05) is 6.54 Å². The maximum Gasteiger partial charge on any atom is 0.243 e. The summed E-state index contributed by atoms with van der Waals surface area (Å²) in [6, 6.07) is 1.65. The fraction of sp³-hybridized carbons (Fsp3) is 0.250. The summed E-state index contributed by atoms with van der Waals surface area (Å²) >= 11 is 0. The van der Waals surface area contributed by atoms with Crippen molar-refractivity contribution in [2.24, 2.45) is 0 Å². The predicted octanol–water partition coefficient (Wildman–Crippen LogP) is 0.701. The van der Waals surface area contributed by atoms with Gasteiger partial charge in [-0.2, -0.15) is 0 Å². The van der Waals surface area contributed by atoms with Gasteiger partial charge in [-0.25, -0.2) is 26.9 Å². The zero-order valence-corrected chi connectivity index (χ0v) is 11.6. The van der Waals surface area contributed by atoms with E-state index in [9.17, 15) is 17.2 Å². The first-order valence-corrected chi connectivity index (χ1v) is 7.48. The number of halogens is 2. The van der Waals surface area contributed by atoms with E-state index in [1.54, 1.807) is 0 Å². The Balaban J connectivity index is 2.17. The molecule has 9 heteroatoms.